The summed E-state index contributed by atoms with van der Waals surface area (Å²) in [4.78, 5) is 23.5. The Morgan fingerprint density at radius 1 is 1.14 bits per heavy atom. The van der Waals surface area contributed by atoms with Crippen molar-refractivity contribution in [3.63, 3.8) is 0 Å². The molecule has 192 valence electrons. The summed E-state index contributed by atoms with van der Waals surface area (Å²) >= 11 is 0. The summed E-state index contributed by atoms with van der Waals surface area (Å²) in [6, 6.07) is 11.3. The van der Waals surface area contributed by atoms with Crippen LogP contribution in [-0.4, -0.2) is 59.1 Å². The molecule has 0 aliphatic carbocycles. The number of ether oxygens (including phenoxy) is 1. The summed E-state index contributed by atoms with van der Waals surface area (Å²) in [7, 11) is -2.00. The summed E-state index contributed by atoms with van der Waals surface area (Å²) < 4.78 is 18.3. The Hall–Kier alpha value is -2.36. The van der Waals surface area contributed by atoms with E-state index in [1.165, 1.54) is 0 Å². The predicted molar refractivity (Wildman–Crippen MR) is 147 cm³/mol. The van der Waals surface area contributed by atoms with Gasteiger partial charge in [-0.3, -0.25) is 0 Å². The highest BCUT2D eigenvalue weighted by molar-refractivity contribution is 6.78. The van der Waals surface area contributed by atoms with Crippen LogP contribution < -0.4 is 5.46 Å². The first kappa shape index (κ1) is 25.3. The molecular formula is C27H38BN3O4Si. The third kappa shape index (κ3) is 4.46. The molecule has 2 fully saturated rings. The minimum absolute atomic E-state index is 0.104. The maximum atomic E-state index is 13.1. The molecule has 2 aliphatic heterocycles. The number of fused-ring (bicyclic) bond motifs is 3. The second-order valence-corrected chi connectivity index (χ2v) is 18.2. The van der Waals surface area contributed by atoms with Crippen molar-refractivity contribution in [1.29, 1.82) is 0 Å². The lowest BCUT2D eigenvalue weighted by Gasteiger charge is -2.32. The number of H-pyrrole nitrogens is 1. The Balaban J connectivity index is 1.49. The number of imidazole rings is 1. The quantitative estimate of drug-likeness (QED) is 0.460. The molecule has 1 amide bonds. The average Bonchev–Trinajstić information content (AvgIpc) is 3.37. The van der Waals surface area contributed by atoms with Crippen LogP contribution in [0.1, 0.15) is 60.3 Å². The van der Waals surface area contributed by atoms with Gasteiger partial charge in [-0.15, -0.1) is 0 Å². The highest BCUT2D eigenvalue weighted by atomic mass is 28.3. The van der Waals surface area contributed by atoms with E-state index in [0.717, 1.165) is 45.3 Å². The number of nitrogens with zero attached hydrogens (tertiary/aromatic N) is 2. The van der Waals surface area contributed by atoms with E-state index < -0.39 is 20.8 Å². The van der Waals surface area contributed by atoms with Gasteiger partial charge in [-0.2, -0.15) is 0 Å². The minimum atomic E-state index is -1.60. The van der Waals surface area contributed by atoms with Gasteiger partial charge >= 0.3 is 13.2 Å². The lowest BCUT2D eigenvalue weighted by Crippen LogP contribution is -2.41. The van der Waals surface area contributed by atoms with E-state index in [0.29, 0.717) is 0 Å². The van der Waals surface area contributed by atoms with Crippen molar-refractivity contribution in [2.45, 2.75) is 90.4 Å². The highest BCUT2D eigenvalue weighted by Gasteiger charge is 2.51. The SMILES string of the molecule is CC(C)(C)OC(=O)N1C[Si](C)(C)CC1c1nc2c(ccc3cc(B4OC(C)(C)C(C)(C)O4)ccc32)[nH]1. The molecule has 36 heavy (non-hydrogen) atoms. The van der Waals surface area contributed by atoms with Crippen LogP contribution in [0.2, 0.25) is 19.1 Å². The van der Waals surface area contributed by atoms with Crippen LogP contribution in [0.25, 0.3) is 21.8 Å². The third-order valence-electron chi connectivity index (χ3n) is 7.70. The standard InChI is InChI=1S/C27H38BN3O4Si/c1-25(2,3)33-24(32)31-16-36(8,9)15-21(31)23-29-20-13-10-17-14-18(11-12-19(17)22(20)30-23)28-34-26(4,5)27(6,7)35-28/h10-14,21H,15-16H2,1-9H3,(H,29,30). The molecule has 9 heteroatoms. The number of aromatic nitrogens is 2. The molecule has 0 spiro atoms. The summed E-state index contributed by atoms with van der Waals surface area (Å²) in [6.07, 6.45) is 0.505. The minimum Gasteiger partial charge on any atom is -0.444 e. The Kier molecular flexibility index (Phi) is 5.67. The van der Waals surface area contributed by atoms with Crippen molar-refractivity contribution in [3.8, 4) is 0 Å². The van der Waals surface area contributed by atoms with Crippen LogP contribution in [0.4, 0.5) is 4.79 Å². The van der Waals surface area contributed by atoms with Crippen molar-refractivity contribution in [1.82, 2.24) is 14.9 Å². The zero-order valence-electron chi connectivity index (χ0n) is 23.0. The number of hydrogen-bond acceptors (Lipinski definition) is 5. The number of carbonyl (C=O) groups is 1. The van der Waals surface area contributed by atoms with E-state index in [4.69, 9.17) is 19.0 Å². The van der Waals surface area contributed by atoms with E-state index >= 15 is 0 Å². The summed E-state index contributed by atoms with van der Waals surface area (Å²) in [5.41, 5.74) is 1.58. The molecule has 2 aliphatic rings. The van der Waals surface area contributed by atoms with Crippen LogP contribution in [0.5, 0.6) is 0 Å². The molecule has 1 unspecified atom stereocenters. The Labute approximate surface area is 215 Å². The van der Waals surface area contributed by atoms with Gasteiger partial charge in [0.2, 0.25) is 0 Å². The van der Waals surface area contributed by atoms with Gasteiger partial charge in [0.05, 0.1) is 36.4 Å². The van der Waals surface area contributed by atoms with Gasteiger partial charge < -0.3 is 23.9 Å². The van der Waals surface area contributed by atoms with Crippen molar-refractivity contribution in [2.24, 2.45) is 0 Å². The second kappa shape index (κ2) is 8.07. The maximum absolute atomic E-state index is 13.1. The van der Waals surface area contributed by atoms with Gasteiger partial charge in [-0.1, -0.05) is 37.4 Å². The zero-order valence-corrected chi connectivity index (χ0v) is 24.0. The molecule has 2 aromatic carbocycles. The van der Waals surface area contributed by atoms with E-state index in [1.54, 1.807) is 0 Å². The Bertz CT molecular complexity index is 1330. The van der Waals surface area contributed by atoms with Crippen LogP contribution in [-0.2, 0) is 14.0 Å². The van der Waals surface area contributed by atoms with Crippen LogP contribution in [0.15, 0.2) is 30.3 Å². The largest absolute Gasteiger partial charge is 0.494 e. The second-order valence-electron chi connectivity index (χ2n) is 13.1. The molecule has 2 saturated heterocycles. The van der Waals surface area contributed by atoms with E-state index in [9.17, 15) is 4.79 Å². The van der Waals surface area contributed by atoms with E-state index in [1.807, 2.05) is 25.7 Å². The van der Waals surface area contributed by atoms with Crippen LogP contribution in [0, 0.1) is 0 Å². The first-order chi connectivity index (χ1) is 16.6. The number of hydrogen-bond donors (Lipinski definition) is 1. The molecule has 0 bridgehead atoms. The molecular weight excluding hydrogens is 469 g/mol. The molecule has 7 nitrogen and oxygen atoms in total. The topological polar surface area (TPSA) is 76.7 Å². The van der Waals surface area contributed by atoms with Gasteiger partial charge in [0.15, 0.2) is 0 Å². The molecule has 5 rings (SSSR count). The summed E-state index contributed by atoms with van der Waals surface area (Å²) in [6.45, 7) is 18.6. The Morgan fingerprint density at radius 3 is 2.44 bits per heavy atom. The number of benzene rings is 2. The zero-order chi connectivity index (χ0) is 26.3. The Morgan fingerprint density at radius 2 is 1.81 bits per heavy atom. The first-order valence-electron chi connectivity index (χ1n) is 12.8. The molecule has 0 saturated carbocycles. The van der Waals surface area contributed by atoms with Gasteiger partial charge in [-0.05, 0) is 71.4 Å². The fraction of sp³-hybridized carbons (Fsp3) is 0.556. The van der Waals surface area contributed by atoms with Gasteiger partial charge in [0.1, 0.15) is 11.4 Å². The van der Waals surface area contributed by atoms with Crippen molar-refractivity contribution in [2.75, 3.05) is 6.17 Å². The third-order valence-corrected chi connectivity index (χ3v) is 10.4. The lowest BCUT2D eigenvalue weighted by molar-refractivity contribution is 0.00578. The van der Waals surface area contributed by atoms with E-state index in [2.05, 4.69) is 76.1 Å². The molecule has 1 aromatic heterocycles. The van der Waals surface area contributed by atoms with E-state index in [-0.39, 0.29) is 23.3 Å². The maximum Gasteiger partial charge on any atom is 0.494 e. The fourth-order valence-corrected chi connectivity index (χ4v) is 8.01. The molecule has 1 N–H and O–H groups in total. The smallest absolute Gasteiger partial charge is 0.444 e. The highest BCUT2D eigenvalue weighted by Crippen LogP contribution is 2.39. The lowest BCUT2D eigenvalue weighted by atomic mass is 9.78. The van der Waals surface area contributed by atoms with Gasteiger partial charge in [0.25, 0.3) is 0 Å². The first-order valence-corrected chi connectivity index (χ1v) is 16.2. The van der Waals surface area contributed by atoms with Crippen molar-refractivity contribution >= 4 is 48.6 Å². The normalized spacial score (nSPS) is 23.1. The van der Waals surface area contributed by atoms with Gasteiger partial charge in [-0.25, -0.2) is 9.78 Å². The monoisotopic (exact) mass is 507 g/mol. The number of rotatable bonds is 2. The van der Waals surface area contributed by atoms with Gasteiger partial charge in [0, 0.05) is 11.6 Å². The molecule has 0 radical (unpaired) electrons. The van der Waals surface area contributed by atoms with Crippen molar-refractivity contribution < 1.29 is 18.8 Å². The number of nitrogens with one attached hydrogen (secondary N) is 1. The number of amides is 1. The number of carbonyl (C=O) groups excluding carboxylic acids is 1. The summed E-state index contributed by atoms with van der Waals surface area (Å²) in [5, 5.41) is 2.14. The fourth-order valence-electron chi connectivity index (χ4n) is 5.15. The molecule has 3 aromatic rings. The van der Waals surface area contributed by atoms with Crippen molar-refractivity contribution in [3.05, 3.63) is 36.2 Å². The van der Waals surface area contributed by atoms with Crippen LogP contribution in [0.3, 0.4) is 0 Å². The predicted octanol–water partition coefficient (Wildman–Crippen LogP) is 5.55. The average molecular weight is 508 g/mol. The summed E-state index contributed by atoms with van der Waals surface area (Å²) in [5.74, 6) is 0.830. The van der Waals surface area contributed by atoms with Crippen LogP contribution >= 0.6 is 0 Å². The molecule has 1 atom stereocenters. The molecule has 3 heterocycles. The number of aromatic amines is 1.